The van der Waals surface area contributed by atoms with Crippen molar-refractivity contribution in [3.63, 3.8) is 0 Å². The Kier molecular flexibility index (Phi) is 6.23. The molecular weight excluding hydrogens is 326 g/mol. The molecule has 2 rings (SSSR count). The maximum atomic E-state index is 12.4. The van der Waals surface area contributed by atoms with Crippen molar-refractivity contribution in [2.75, 3.05) is 31.3 Å². The molecule has 1 heterocycles. The zero-order chi connectivity index (χ0) is 17.7. The van der Waals surface area contributed by atoms with Crippen LogP contribution in [0.25, 0.3) is 0 Å². The standard InChI is InChI=1S/C17H27N3O3S/c1-4-12-24(22,23)20-11-5-6-16(20)17(21)18-13-14-7-9-15(10-8-14)19(2)3/h7-10,16H,4-6,11-13H2,1-3H3,(H,18,21). The Morgan fingerprint density at radius 3 is 2.54 bits per heavy atom. The third-order valence-electron chi connectivity index (χ3n) is 4.25. The van der Waals surface area contributed by atoms with Gasteiger partial charge in [0, 0.05) is 32.9 Å². The van der Waals surface area contributed by atoms with Gasteiger partial charge in [-0.2, -0.15) is 4.31 Å². The average Bonchev–Trinajstić information content (AvgIpc) is 3.03. The van der Waals surface area contributed by atoms with Gasteiger partial charge in [0.05, 0.1) is 5.75 Å². The molecular formula is C17H27N3O3S. The lowest BCUT2D eigenvalue weighted by molar-refractivity contribution is -0.124. The van der Waals surface area contributed by atoms with Gasteiger partial charge in [0.15, 0.2) is 0 Å². The summed E-state index contributed by atoms with van der Waals surface area (Å²) in [5.41, 5.74) is 2.09. The smallest absolute Gasteiger partial charge is 0.238 e. The molecule has 0 radical (unpaired) electrons. The molecule has 0 aromatic heterocycles. The van der Waals surface area contributed by atoms with Crippen LogP contribution >= 0.6 is 0 Å². The van der Waals surface area contributed by atoms with E-state index in [2.05, 4.69) is 5.32 Å². The highest BCUT2D eigenvalue weighted by Gasteiger charge is 2.37. The van der Waals surface area contributed by atoms with Gasteiger partial charge in [-0.1, -0.05) is 19.1 Å². The molecule has 1 unspecified atom stereocenters. The number of anilines is 1. The van der Waals surface area contributed by atoms with Gasteiger partial charge in [0.1, 0.15) is 6.04 Å². The molecule has 1 fully saturated rings. The first-order chi connectivity index (χ1) is 11.3. The summed E-state index contributed by atoms with van der Waals surface area (Å²) in [5.74, 6) is -0.105. The van der Waals surface area contributed by atoms with E-state index in [4.69, 9.17) is 0 Å². The van der Waals surface area contributed by atoms with Crippen molar-refractivity contribution >= 4 is 21.6 Å². The molecule has 1 saturated heterocycles. The van der Waals surface area contributed by atoms with Crippen LogP contribution in [-0.4, -0.2) is 51.1 Å². The summed E-state index contributed by atoms with van der Waals surface area (Å²) in [7, 11) is 0.613. The van der Waals surface area contributed by atoms with E-state index in [9.17, 15) is 13.2 Å². The number of sulfonamides is 1. The highest BCUT2D eigenvalue weighted by atomic mass is 32.2. The van der Waals surface area contributed by atoms with Crippen LogP contribution in [-0.2, 0) is 21.4 Å². The summed E-state index contributed by atoms with van der Waals surface area (Å²) in [6.45, 7) is 2.68. The van der Waals surface area contributed by atoms with E-state index < -0.39 is 16.1 Å². The Morgan fingerprint density at radius 1 is 1.29 bits per heavy atom. The monoisotopic (exact) mass is 353 g/mol. The third-order valence-corrected chi connectivity index (χ3v) is 6.32. The molecule has 0 bridgehead atoms. The van der Waals surface area contributed by atoms with Crippen LogP contribution in [0.5, 0.6) is 0 Å². The lowest BCUT2D eigenvalue weighted by atomic mass is 10.2. The van der Waals surface area contributed by atoms with Gasteiger partial charge < -0.3 is 10.2 Å². The second-order valence-electron chi connectivity index (χ2n) is 6.36. The number of hydrogen-bond donors (Lipinski definition) is 1. The summed E-state index contributed by atoms with van der Waals surface area (Å²) in [6, 6.07) is 7.36. The Balaban J connectivity index is 1.96. The van der Waals surface area contributed by atoms with E-state index in [0.717, 1.165) is 17.7 Å². The topological polar surface area (TPSA) is 69.7 Å². The Bertz CT molecular complexity index is 656. The Hall–Kier alpha value is -1.60. The van der Waals surface area contributed by atoms with E-state index >= 15 is 0 Å². The Labute approximate surface area is 144 Å². The highest BCUT2D eigenvalue weighted by Crippen LogP contribution is 2.22. The van der Waals surface area contributed by atoms with Gasteiger partial charge in [0.25, 0.3) is 0 Å². The van der Waals surface area contributed by atoms with Gasteiger partial charge >= 0.3 is 0 Å². The average molecular weight is 353 g/mol. The van der Waals surface area contributed by atoms with Gasteiger partial charge in [0.2, 0.25) is 15.9 Å². The summed E-state index contributed by atoms with van der Waals surface area (Å²) >= 11 is 0. The zero-order valence-electron chi connectivity index (χ0n) is 14.7. The van der Waals surface area contributed by atoms with Crippen LogP contribution in [0.3, 0.4) is 0 Å². The highest BCUT2D eigenvalue weighted by molar-refractivity contribution is 7.89. The van der Waals surface area contributed by atoms with Crippen LogP contribution < -0.4 is 10.2 Å². The first-order valence-electron chi connectivity index (χ1n) is 8.38. The first kappa shape index (κ1) is 18.7. The number of carbonyl (C=O) groups is 1. The lowest BCUT2D eigenvalue weighted by Gasteiger charge is -2.23. The quantitative estimate of drug-likeness (QED) is 0.808. The second-order valence-corrected chi connectivity index (χ2v) is 8.40. The maximum absolute atomic E-state index is 12.4. The number of amides is 1. The number of carbonyl (C=O) groups excluding carboxylic acids is 1. The van der Waals surface area contributed by atoms with Crippen LogP contribution in [0.2, 0.25) is 0 Å². The molecule has 1 aliphatic rings. The van der Waals surface area contributed by atoms with Crippen molar-refractivity contribution in [3.8, 4) is 0 Å². The normalized spacial score (nSPS) is 18.5. The van der Waals surface area contributed by atoms with Crippen molar-refractivity contribution in [2.45, 2.75) is 38.8 Å². The summed E-state index contributed by atoms with van der Waals surface area (Å²) < 4.78 is 25.9. The van der Waals surface area contributed by atoms with Crippen molar-refractivity contribution in [1.82, 2.24) is 9.62 Å². The fraction of sp³-hybridized carbons (Fsp3) is 0.588. The van der Waals surface area contributed by atoms with Gasteiger partial charge in [-0.25, -0.2) is 8.42 Å². The molecule has 1 amide bonds. The zero-order valence-corrected chi connectivity index (χ0v) is 15.5. The van der Waals surface area contributed by atoms with E-state index in [1.165, 1.54) is 4.31 Å². The van der Waals surface area contributed by atoms with E-state index in [-0.39, 0.29) is 11.7 Å². The van der Waals surface area contributed by atoms with Crippen LogP contribution in [0.4, 0.5) is 5.69 Å². The molecule has 1 N–H and O–H groups in total. The molecule has 0 aliphatic carbocycles. The van der Waals surface area contributed by atoms with Crippen molar-refractivity contribution < 1.29 is 13.2 Å². The summed E-state index contributed by atoms with van der Waals surface area (Å²) in [5, 5.41) is 2.88. The molecule has 6 nitrogen and oxygen atoms in total. The number of nitrogens with zero attached hydrogens (tertiary/aromatic N) is 2. The molecule has 24 heavy (non-hydrogen) atoms. The molecule has 1 aliphatic heterocycles. The van der Waals surface area contributed by atoms with Crippen LogP contribution in [0.1, 0.15) is 31.7 Å². The van der Waals surface area contributed by atoms with Crippen molar-refractivity contribution in [2.24, 2.45) is 0 Å². The molecule has 1 aromatic rings. The minimum absolute atomic E-state index is 0.1000. The van der Waals surface area contributed by atoms with Crippen LogP contribution in [0, 0.1) is 0 Å². The third kappa shape index (κ3) is 4.48. The molecule has 1 atom stereocenters. The molecule has 0 spiro atoms. The fourth-order valence-corrected chi connectivity index (χ4v) is 4.68. The molecule has 7 heteroatoms. The predicted octanol–water partition coefficient (Wildman–Crippen LogP) is 1.57. The largest absolute Gasteiger partial charge is 0.378 e. The number of rotatable bonds is 7. The number of hydrogen-bond acceptors (Lipinski definition) is 4. The SMILES string of the molecule is CCCS(=O)(=O)N1CCCC1C(=O)NCc1ccc(N(C)C)cc1. The molecule has 134 valence electrons. The van der Waals surface area contributed by atoms with Crippen molar-refractivity contribution in [3.05, 3.63) is 29.8 Å². The second kappa shape index (κ2) is 7.98. The fourth-order valence-electron chi connectivity index (χ4n) is 2.93. The minimum atomic E-state index is -3.34. The minimum Gasteiger partial charge on any atom is -0.378 e. The molecule has 1 aromatic carbocycles. The van der Waals surface area contributed by atoms with E-state index in [1.54, 1.807) is 0 Å². The number of nitrogens with one attached hydrogen (secondary N) is 1. The maximum Gasteiger partial charge on any atom is 0.238 e. The van der Waals surface area contributed by atoms with Gasteiger partial charge in [-0.3, -0.25) is 4.79 Å². The summed E-state index contributed by atoms with van der Waals surface area (Å²) in [4.78, 5) is 14.4. The van der Waals surface area contributed by atoms with Crippen molar-refractivity contribution in [1.29, 1.82) is 0 Å². The van der Waals surface area contributed by atoms with E-state index in [0.29, 0.717) is 25.9 Å². The van der Waals surface area contributed by atoms with Gasteiger partial charge in [-0.15, -0.1) is 0 Å². The van der Waals surface area contributed by atoms with Gasteiger partial charge in [-0.05, 0) is 37.0 Å². The number of benzene rings is 1. The summed E-state index contributed by atoms with van der Waals surface area (Å²) in [6.07, 6.45) is 1.89. The van der Waals surface area contributed by atoms with Crippen LogP contribution in [0.15, 0.2) is 24.3 Å². The first-order valence-corrected chi connectivity index (χ1v) is 9.99. The Morgan fingerprint density at radius 2 is 1.96 bits per heavy atom. The predicted molar refractivity (Wildman–Crippen MR) is 96.4 cm³/mol. The van der Waals surface area contributed by atoms with E-state index in [1.807, 2.05) is 50.2 Å². The molecule has 0 saturated carbocycles. The lowest BCUT2D eigenvalue weighted by Crippen LogP contribution is -2.46.